The van der Waals surface area contributed by atoms with Crippen molar-refractivity contribution >= 4 is 0 Å². The summed E-state index contributed by atoms with van der Waals surface area (Å²) in [5.74, 6) is 0. The van der Waals surface area contributed by atoms with Gasteiger partial charge in [-0.15, -0.1) is 0 Å². The molecule has 0 radical (unpaired) electrons. The van der Waals surface area contributed by atoms with Crippen molar-refractivity contribution in [3.05, 3.63) is 0 Å². The Labute approximate surface area is 82.4 Å². The van der Waals surface area contributed by atoms with Gasteiger partial charge < -0.3 is 19.7 Å². The highest BCUT2D eigenvalue weighted by molar-refractivity contribution is 4.48. The normalized spacial score (nSPS) is 14.1. The molecule has 0 aromatic carbocycles. The molecule has 0 spiro atoms. The van der Waals surface area contributed by atoms with Gasteiger partial charge in [-0.2, -0.15) is 0 Å². The Morgan fingerprint density at radius 1 is 1.21 bits per heavy atom. The highest BCUT2D eigenvalue weighted by Gasteiger charge is 2.00. The van der Waals surface area contributed by atoms with Gasteiger partial charge in [0.1, 0.15) is 25.6 Å². The fraction of sp³-hybridized carbons (Fsp3) is 1.00. The fourth-order valence-electron chi connectivity index (χ4n) is 0.423. The van der Waals surface area contributed by atoms with Gasteiger partial charge in [0, 0.05) is 14.2 Å². The molecule has 88 valence electrons. The molecule has 2 atom stereocenters. The molecule has 2 N–H and O–H groups in total. The van der Waals surface area contributed by atoms with Crippen LogP contribution in [0, 0.1) is 0 Å². The number of aliphatic hydroxyl groups is 2. The zero-order valence-electron chi connectivity index (χ0n) is 8.45. The van der Waals surface area contributed by atoms with Gasteiger partial charge in [0.25, 0.3) is 0 Å². The Morgan fingerprint density at radius 3 is 1.86 bits per heavy atom. The Morgan fingerprint density at radius 2 is 1.79 bits per heavy atom. The summed E-state index contributed by atoms with van der Waals surface area (Å²) in [5.41, 5.74) is 0. The molecule has 0 amide bonds. The molecule has 6 heteroatoms. The summed E-state index contributed by atoms with van der Waals surface area (Å²) >= 11 is 0. The number of methoxy groups -OCH3 is 2. The lowest BCUT2D eigenvalue weighted by molar-refractivity contribution is 0.0320. The monoisotopic (exact) mass is 216 g/mol. The Hall–Kier alpha value is -0.300. The zero-order chi connectivity index (χ0) is 11.4. The molecule has 0 aliphatic carbocycles. The SMILES string of the molecule is COC(CO)CF.COCC(O)CF. The highest BCUT2D eigenvalue weighted by atomic mass is 19.1. The Bertz CT molecular complexity index is 95.8. The molecular weight excluding hydrogens is 198 g/mol. The standard InChI is InChI=1S/2C4H9FO2/c1-7-3-4(6)2-5;1-7-4(2-5)3-6/h2*4,6H,2-3H2,1H3. The van der Waals surface area contributed by atoms with Crippen molar-refractivity contribution in [2.45, 2.75) is 12.2 Å². The number of rotatable bonds is 6. The molecule has 0 aromatic rings. The molecule has 4 nitrogen and oxygen atoms in total. The summed E-state index contributed by atoms with van der Waals surface area (Å²) in [7, 11) is 2.78. The Kier molecular flexibility index (Phi) is 14.6. The molecule has 0 heterocycles. The van der Waals surface area contributed by atoms with E-state index >= 15 is 0 Å². The van der Waals surface area contributed by atoms with Crippen molar-refractivity contribution < 1.29 is 28.5 Å². The van der Waals surface area contributed by atoms with Crippen LogP contribution < -0.4 is 0 Å². The summed E-state index contributed by atoms with van der Waals surface area (Å²) in [6.45, 7) is -1.51. The summed E-state index contributed by atoms with van der Waals surface area (Å²) in [5, 5.41) is 16.5. The van der Waals surface area contributed by atoms with Crippen LogP contribution in [-0.4, -0.2) is 63.2 Å². The largest absolute Gasteiger partial charge is 0.394 e. The van der Waals surface area contributed by atoms with E-state index in [4.69, 9.17) is 10.2 Å². The Balaban J connectivity index is 0. The van der Waals surface area contributed by atoms with Gasteiger partial charge in [0.2, 0.25) is 0 Å². The predicted molar refractivity (Wildman–Crippen MR) is 47.7 cm³/mol. The van der Waals surface area contributed by atoms with Crippen LogP contribution in [0.3, 0.4) is 0 Å². The number of halogens is 2. The molecule has 0 aliphatic heterocycles. The van der Waals surface area contributed by atoms with Crippen molar-refractivity contribution in [1.82, 2.24) is 0 Å². The lowest BCUT2D eigenvalue weighted by Gasteiger charge is -2.03. The summed E-state index contributed by atoms with van der Waals surface area (Å²) in [6, 6.07) is 0. The summed E-state index contributed by atoms with van der Waals surface area (Å²) in [4.78, 5) is 0. The maximum atomic E-state index is 11.4. The minimum atomic E-state index is -0.940. The number of aliphatic hydroxyl groups excluding tert-OH is 2. The number of alkyl halides is 2. The van der Waals surface area contributed by atoms with Gasteiger partial charge >= 0.3 is 0 Å². The van der Waals surface area contributed by atoms with Crippen LogP contribution in [0.15, 0.2) is 0 Å². The van der Waals surface area contributed by atoms with Crippen LogP contribution in [0.2, 0.25) is 0 Å². The van der Waals surface area contributed by atoms with Crippen molar-refractivity contribution in [3.63, 3.8) is 0 Å². The predicted octanol–water partition coefficient (Wildman–Crippen LogP) is -0.0736. The van der Waals surface area contributed by atoms with E-state index in [-0.39, 0.29) is 13.2 Å². The van der Waals surface area contributed by atoms with Gasteiger partial charge in [-0.05, 0) is 0 Å². The van der Waals surface area contributed by atoms with Crippen LogP contribution in [0.5, 0.6) is 0 Å². The van der Waals surface area contributed by atoms with E-state index in [0.717, 1.165) is 0 Å². The minimum absolute atomic E-state index is 0.0799. The first kappa shape index (κ1) is 16.1. The fourth-order valence-corrected chi connectivity index (χ4v) is 0.423. The quantitative estimate of drug-likeness (QED) is 0.652. The van der Waals surface area contributed by atoms with Crippen molar-refractivity contribution in [3.8, 4) is 0 Å². The van der Waals surface area contributed by atoms with E-state index < -0.39 is 25.6 Å². The first-order valence-corrected chi connectivity index (χ1v) is 4.08. The molecule has 0 bridgehead atoms. The average Bonchev–Trinajstić information content (AvgIpc) is 2.22. The molecule has 0 rings (SSSR count). The first-order chi connectivity index (χ1) is 6.65. The van der Waals surface area contributed by atoms with E-state index in [1.807, 2.05) is 0 Å². The van der Waals surface area contributed by atoms with Crippen LogP contribution in [-0.2, 0) is 9.47 Å². The molecule has 0 fully saturated rings. The lowest BCUT2D eigenvalue weighted by atomic mass is 10.4. The van der Waals surface area contributed by atoms with E-state index in [0.29, 0.717) is 0 Å². The van der Waals surface area contributed by atoms with Crippen LogP contribution in [0.1, 0.15) is 0 Å². The van der Waals surface area contributed by atoms with Crippen molar-refractivity contribution in [2.24, 2.45) is 0 Å². The van der Waals surface area contributed by atoms with Gasteiger partial charge in [0.15, 0.2) is 0 Å². The van der Waals surface area contributed by atoms with E-state index in [2.05, 4.69) is 9.47 Å². The minimum Gasteiger partial charge on any atom is -0.394 e. The van der Waals surface area contributed by atoms with E-state index in [1.165, 1.54) is 14.2 Å². The number of ether oxygens (including phenoxy) is 2. The number of hydrogen-bond acceptors (Lipinski definition) is 4. The summed E-state index contributed by atoms with van der Waals surface area (Å²) < 4.78 is 31.4. The maximum absolute atomic E-state index is 11.4. The maximum Gasteiger partial charge on any atom is 0.118 e. The van der Waals surface area contributed by atoms with Gasteiger partial charge in [0.05, 0.1) is 13.2 Å². The average molecular weight is 216 g/mol. The van der Waals surface area contributed by atoms with Crippen LogP contribution in [0.4, 0.5) is 8.78 Å². The molecule has 0 saturated heterocycles. The second kappa shape index (κ2) is 12.7. The first-order valence-electron chi connectivity index (χ1n) is 4.08. The third kappa shape index (κ3) is 11.7. The molecule has 2 unspecified atom stereocenters. The smallest absolute Gasteiger partial charge is 0.118 e. The molecule has 0 aliphatic rings. The molecule has 0 aromatic heterocycles. The van der Waals surface area contributed by atoms with Crippen LogP contribution >= 0.6 is 0 Å². The van der Waals surface area contributed by atoms with Gasteiger partial charge in [-0.3, -0.25) is 0 Å². The van der Waals surface area contributed by atoms with Crippen molar-refractivity contribution in [2.75, 3.05) is 40.8 Å². The third-order valence-electron chi connectivity index (χ3n) is 1.25. The van der Waals surface area contributed by atoms with Gasteiger partial charge in [-0.25, -0.2) is 8.78 Å². The second-order valence-electron chi connectivity index (χ2n) is 2.46. The summed E-state index contributed by atoms with van der Waals surface area (Å²) in [6.07, 6.45) is -1.56. The van der Waals surface area contributed by atoms with Crippen molar-refractivity contribution in [1.29, 1.82) is 0 Å². The topological polar surface area (TPSA) is 58.9 Å². The molecular formula is C8H18F2O4. The molecule has 14 heavy (non-hydrogen) atoms. The van der Waals surface area contributed by atoms with E-state index in [9.17, 15) is 8.78 Å². The third-order valence-corrected chi connectivity index (χ3v) is 1.25. The van der Waals surface area contributed by atoms with Crippen LogP contribution in [0.25, 0.3) is 0 Å². The molecule has 0 saturated carbocycles. The van der Waals surface area contributed by atoms with E-state index in [1.54, 1.807) is 0 Å². The highest BCUT2D eigenvalue weighted by Crippen LogP contribution is 1.86. The zero-order valence-corrected chi connectivity index (χ0v) is 8.45. The van der Waals surface area contributed by atoms with Gasteiger partial charge in [-0.1, -0.05) is 0 Å². The second-order valence-corrected chi connectivity index (χ2v) is 2.46. The lowest BCUT2D eigenvalue weighted by Crippen LogP contribution is -2.17. The number of hydrogen-bond donors (Lipinski definition) is 2.